The first kappa shape index (κ1) is 15.1. The zero-order valence-electron chi connectivity index (χ0n) is 12.8. The number of ether oxygens (including phenoxy) is 1. The Morgan fingerprint density at radius 2 is 2.13 bits per heavy atom. The molecule has 0 bridgehead atoms. The summed E-state index contributed by atoms with van der Waals surface area (Å²) in [6, 6.07) is 7.35. The molecule has 1 aromatic carbocycles. The summed E-state index contributed by atoms with van der Waals surface area (Å²) in [6.45, 7) is 1.89. The first-order valence-corrected chi connectivity index (χ1v) is 9.67. The fraction of sp³-hybridized carbons (Fsp3) is 0.562. The molecule has 2 saturated heterocycles. The molecule has 2 aromatic rings. The van der Waals surface area contributed by atoms with Crippen molar-refractivity contribution < 1.29 is 17.7 Å². The molecule has 7 heteroatoms. The van der Waals surface area contributed by atoms with Crippen molar-refractivity contribution in [3.63, 3.8) is 0 Å². The van der Waals surface area contributed by atoms with E-state index in [1.54, 1.807) is 10.4 Å². The summed E-state index contributed by atoms with van der Waals surface area (Å²) >= 11 is 0. The van der Waals surface area contributed by atoms with Gasteiger partial charge in [0.25, 0.3) is 0 Å². The van der Waals surface area contributed by atoms with E-state index in [-0.39, 0.29) is 11.9 Å². The van der Waals surface area contributed by atoms with E-state index in [2.05, 4.69) is 5.16 Å². The summed E-state index contributed by atoms with van der Waals surface area (Å²) in [6.07, 6.45) is 3.07. The van der Waals surface area contributed by atoms with E-state index in [9.17, 15) is 8.42 Å². The fourth-order valence-electron chi connectivity index (χ4n) is 3.61. The Morgan fingerprint density at radius 1 is 1.26 bits per heavy atom. The van der Waals surface area contributed by atoms with Crippen LogP contribution in [0.4, 0.5) is 0 Å². The van der Waals surface area contributed by atoms with Gasteiger partial charge in [-0.3, -0.25) is 0 Å². The minimum absolute atomic E-state index is 0.109. The van der Waals surface area contributed by atoms with Crippen molar-refractivity contribution in [1.29, 1.82) is 0 Å². The summed E-state index contributed by atoms with van der Waals surface area (Å²) in [7, 11) is -3.39. The predicted octanol–water partition coefficient (Wildman–Crippen LogP) is 2.16. The molecule has 1 aromatic heterocycles. The molecule has 0 spiro atoms. The van der Waals surface area contributed by atoms with Gasteiger partial charge in [0, 0.05) is 25.1 Å². The second-order valence-electron chi connectivity index (χ2n) is 6.34. The third-order valence-corrected chi connectivity index (χ3v) is 6.60. The van der Waals surface area contributed by atoms with Crippen molar-refractivity contribution >= 4 is 21.0 Å². The van der Waals surface area contributed by atoms with Gasteiger partial charge in [0.2, 0.25) is 10.0 Å². The van der Waals surface area contributed by atoms with E-state index in [1.807, 2.05) is 18.2 Å². The third kappa shape index (κ3) is 2.88. The Labute approximate surface area is 135 Å². The minimum atomic E-state index is -3.39. The molecule has 2 aliphatic heterocycles. The smallest absolute Gasteiger partial charge is 0.220 e. The van der Waals surface area contributed by atoms with Gasteiger partial charge >= 0.3 is 0 Å². The number of piperidine rings is 1. The summed E-state index contributed by atoms with van der Waals surface area (Å²) in [5, 5.41) is 4.72. The largest absolute Gasteiger partial charge is 0.378 e. The van der Waals surface area contributed by atoms with E-state index < -0.39 is 10.0 Å². The maximum absolute atomic E-state index is 12.8. The van der Waals surface area contributed by atoms with Gasteiger partial charge < -0.3 is 9.26 Å². The Kier molecular flexibility index (Phi) is 3.87. The molecule has 2 atom stereocenters. The zero-order chi connectivity index (χ0) is 15.9. The Bertz CT molecular complexity index is 801. The summed E-state index contributed by atoms with van der Waals surface area (Å²) in [5.74, 6) is 0.212. The van der Waals surface area contributed by atoms with Gasteiger partial charge in [-0.2, -0.15) is 0 Å². The highest BCUT2D eigenvalue weighted by Crippen LogP contribution is 2.30. The van der Waals surface area contributed by atoms with Crippen LogP contribution in [-0.2, 0) is 20.5 Å². The van der Waals surface area contributed by atoms with Gasteiger partial charge in [-0.05, 0) is 37.3 Å². The number of hydrogen-bond donors (Lipinski definition) is 0. The quantitative estimate of drug-likeness (QED) is 0.859. The Balaban J connectivity index is 1.53. The van der Waals surface area contributed by atoms with Gasteiger partial charge in [-0.25, -0.2) is 12.7 Å². The topological polar surface area (TPSA) is 72.6 Å². The van der Waals surface area contributed by atoms with Crippen LogP contribution in [0.5, 0.6) is 0 Å². The van der Waals surface area contributed by atoms with Crippen molar-refractivity contribution in [1.82, 2.24) is 9.46 Å². The van der Waals surface area contributed by atoms with Gasteiger partial charge in [-0.1, -0.05) is 17.3 Å². The van der Waals surface area contributed by atoms with Crippen LogP contribution in [0.15, 0.2) is 28.8 Å². The van der Waals surface area contributed by atoms with Gasteiger partial charge in [0.1, 0.15) is 11.4 Å². The maximum atomic E-state index is 12.8. The number of benzene rings is 1. The maximum Gasteiger partial charge on any atom is 0.220 e. The van der Waals surface area contributed by atoms with Gasteiger partial charge in [0.15, 0.2) is 5.58 Å². The lowest BCUT2D eigenvalue weighted by Gasteiger charge is -2.40. The number of nitrogens with zero attached hydrogens (tertiary/aromatic N) is 2. The van der Waals surface area contributed by atoms with Crippen LogP contribution in [0.25, 0.3) is 11.0 Å². The molecule has 0 amide bonds. The molecule has 0 N–H and O–H groups in total. The highest BCUT2D eigenvalue weighted by atomic mass is 32.2. The van der Waals surface area contributed by atoms with Crippen LogP contribution in [0.1, 0.15) is 25.0 Å². The summed E-state index contributed by atoms with van der Waals surface area (Å²) in [4.78, 5) is 0. The molecule has 0 unspecified atom stereocenters. The van der Waals surface area contributed by atoms with Crippen LogP contribution >= 0.6 is 0 Å². The second-order valence-corrected chi connectivity index (χ2v) is 8.31. The molecule has 3 heterocycles. The predicted molar refractivity (Wildman–Crippen MR) is 85.3 cm³/mol. The summed E-state index contributed by atoms with van der Waals surface area (Å²) in [5.41, 5.74) is 1.11. The first-order valence-electron chi connectivity index (χ1n) is 8.06. The average Bonchev–Trinajstić information content (AvgIpc) is 2.97. The zero-order valence-corrected chi connectivity index (χ0v) is 13.7. The molecule has 2 aliphatic rings. The first-order chi connectivity index (χ1) is 11.1. The van der Waals surface area contributed by atoms with Crippen molar-refractivity contribution in [3.8, 4) is 0 Å². The highest BCUT2D eigenvalue weighted by Gasteiger charge is 2.37. The molecule has 4 rings (SSSR count). The van der Waals surface area contributed by atoms with Crippen LogP contribution < -0.4 is 0 Å². The second kappa shape index (κ2) is 5.89. The van der Waals surface area contributed by atoms with Crippen molar-refractivity contribution in [2.75, 3.05) is 19.7 Å². The van der Waals surface area contributed by atoms with E-state index >= 15 is 0 Å². The average molecular weight is 336 g/mol. The molecule has 2 fully saturated rings. The van der Waals surface area contributed by atoms with E-state index in [0.29, 0.717) is 30.3 Å². The highest BCUT2D eigenvalue weighted by molar-refractivity contribution is 7.88. The van der Waals surface area contributed by atoms with Gasteiger partial charge in [0.05, 0.1) is 6.10 Å². The number of sulfonamides is 1. The monoisotopic (exact) mass is 336 g/mol. The molecular weight excluding hydrogens is 316 g/mol. The van der Waals surface area contributed by atoms with Crippen LogP contribution in [0.3, 0.4) is 0 Å². The van der Waals surface area contributed by atoms with E-state index in [1.165, 1.54) is 0 Å². The lowest BCUT2D eigenvalue weighted by Crippen LogP contribution is -2.48. The van der Waals surface area contributed by atoms with Crippen LogP contribution in [0, 0.1) is 5.92 Å². The molecule has 124 valence electrons. The van der Waals surface area contributed by atoms with E-state index in [0.717, 1.165) is 31.3 Å². The third-order valence-electron chi connectivity index (χ3n) is 4.84. The van der Waals surface area contributed by atoms with Crippen molar-refractivity contribution in [3.05, 3.63) is 30.0 Å². The molecule has 0 saturated carbocycles. The number of rotatable bonds is 3. The normalized spacial score (nSPS) is 26.3. The standard InChI is InChI=1S/C16H20N2O4S/c19-23(20,11-14-13-5-1-2-6-16(13)22-17-14)18-8-7-15-12(10-18)4-3-9-21-15/h1-2,5-6,12,15H,3-4,7-11H2/t12-,15+/m0/s1. The van der Waals surface area contributed by atoms with Crippen LogP contribution in [-0.4, -0.2) is 43.7 Å². The Hall–Kier alpha value is -1.44. The van der Waals surface area contributed by atoms with Crippen molar-refractivity contribution in [2.45, 2.75) is 31.1 Å². The van der Waals surface area contributed by atoms with E-state index in [4.69, 9.17) is 9.26 Å². The minimum Gasteiger partial charge on any atom is -0.378 e. The molecule has 6 nitrogen and oxygen atoms in total. The lowest BCUT2D eigenvalue weighted by molar-refractivity contribution is -0.0534. The lowest BCUT2D eigenvalue weighted by atomic mass is 9.90. The molecule has 0 radical (unpaired) electrons. The van der Waals surface area contributed by atoms with Crippen LogP contribution in [0.2, 0.25) is 0 Å². The number of hydrogen-bond acceptors (Lipinski definition) is 5. The van der Waals surface area contributed by atoms with Gasteiger partial charge in [-0.15, -0.1) is 0 Å². The number of para-hydroxylation sites is 1. The summed E-state index contributed by atoms with van der Waals surface area (Å²) < 4.78 is 38.1. The SMILES string of the molecule is O=S(=O)(Cc1noc2ccccc12)N1CC[C@H]2OCCC[C@H]2C1. The molecule has 0 aliphatic carbocycles. The number of aromatic nitrogens is 1. The van der Waals surface area contributed by atoms with Crippen molar-refractivity contribution in [2.24, 2.45) is 5.92 Å². The molecule has 23 heavy (non-hydrogen) atoms. The fourth-order valence-corrected chi connectivity index (χ4v) is 5.15. The number of fused-ring (bicyclic) bond motifs is 2. The Morgan fingerprint density at radius 3 is 3.04 bits per heavy atom. The molecular formula is C16H20N2O4S.